The average Bonchev–Trinajstić information content (AvgIpc) is 3.37. The second-order valence-electron chi connectivity index (χ2n) is 9.53. The summed E-state index contributed by atoms with van der Waals surface area (Å²) in [5, 5.41) is 0.0358. The maximum Gasteiger partial charge on any atom is 0.341 e. The van der Waals surface area contributed by atoms with Gasteiger partial charge in [-0.15, -0.1) is 0 Å². The van der Waals surface area contributed by atoms with E-state index in [4.69, 9.17) is 21.1 Å². The van der Waals surface area contributed by atoms with Gasteiger partial charge in [-0.3, -0.25) is 9.69 Å². The SMILES string of the molecule is CC(C)(C)OC(=O)c1ccc(N2CCC(OCCC3CCC34CC4)C2=O)nc1Cl. The minimum Gasteiger partial charge on any atom is -0.456 e. The van der Waals surface area contributed by atoms with E-state index in [1.165, 1.54) is 25.7 Å². The molecular formula is C22H29ClN2O4. The fraction of sp³-hybridized carbons (Fsp3) is 0.682. The maximum atomic E-state index is 12.7. The van der Waals surface area contributed by atoms with Gasteiger partial charge in [0.05, 0.1) is 5.56 Å². The Hall–Kier alpha value is -1.66. The van der Waals surface area contributed by atoms with Gasteiger partial charge in [-0.2, -0.15) is 0 Å². The van der Waals surface area contributed by atoms with Crippen molar-refractivity contribution in [3.63, 3.8) is 0 Å². The second kappa shape index (κ2) is 7.55. The Morgan fingerprint density at radius 3 is 2.62 bits per heavy atom. The highest BCUT2D eigenvalue weighted by atomic mass is 35.5. The molecule has 0 bridgehead atoms. The zero-order valence-corrected chi connectivity index (χ0v) is 18.1. The number of hydrogen-bond donors (Lipinski definition) is 0. The Balaban J connectivity index is 1.33. The topological polar surface area (TPSA) is 68.7 Å². The van der Waals surface area contributed by atoms with Gasteiger partial charge in [-0.05, 0) is 76.3 Å². The van der Waals surface area contributed by atoms with Crippen LogP contribution in [0.4, 0.5) is 5.82 Å². The molecule has 1 aliphatic heterocycles. The summed E-state index contributed by atoms with van der Waals surface area (Å²) in [6.07, 6.45) is 6.70. The van der Waals surface area contributed by atoms with E-state index >= 15 is 0 Å². The van der Waals surface area contributed by atoms with Crippen LogP contribution in [0.15, 0.2) is 12.1 Å². The molecule has 0 N–H and O–H groups in total. The number of anilines is 1. The molecular weight excluding hydrogens is 392 g/mol. The van der Waals surface area contributed by atoms with Gasteiger partial charge in [0.15, 0.2) is 0 Å². The molecule has 1 spiro atoms. The molecule has 2 heterocycles. The van der Waals surface area contributed by atoms with E-state index in [1.807, 2.05) is 0 Å². The number of carbonyl (C=O) groups excluding carboxylic acids is 2. The van der Waals surface area contributed by atoms with Crippen molar-refractivity contribution in [3.8, 4) is 0 Å². The molecule has 1 saturated heterocycles. The highest BCUT2D eigenvalue weighted by molar-refractivity contribution is 6.32. The van der Waals surface area contributed by atoms with Crippen LogP contribution in [0.3, 0.4) is 0 Å². The smallest absolute Gasteiger partial charge is 0.341 e. The van der Waals surface area contributed by atoms with E-state index in [-0.39, 0.29) is 16.6 Å². The summed E-state index contributed by atoms with van der Waals surface area (Å²) < 4.78 is 11.3. The molecule has 0 aromatic carbocycles. The summed E-state index contributed by atoms with van der Waals surface area (Å²) in [5.74, 6) is 0.610. The van der Waals surface area contributed by atoms with E-state index in [9.17, 15) is 9.59 Å². The molecule has 2 saturated carbocycles. The van der Waals surface area contributed by atoms with E-state index < -0.39 is 17.7 Å². The molecule has 6 nitrogen and oxygen atoms in total. The van der Waals surface area contributed by atoms with Crippen molar-refractivity contribution >= 4 is 29.3 Å². The number of ether oxygens (including phenoxy) is 2. The number of pyridine rings is 1. The van der Waals surface area contributed by atoms with Crippen molar-refractivity contribution in [2.45, 2.75) is 71.0 Å². The molecule has 2 aliphatic carbocycles. The van der Waals surface area contributed by atoms with Crippen molar-refractivity contribution < 1.29 is 19.1 Å². The number of halogens is 1. The Bertz CT molecular complexity index is 816. The quantitative estimate of drug-likeness (QED) is 0.504. The predicted molar refractivity (Wildman–Crippen MR) is 110 cm³/mol. The number of amides is 1. The lowest BCUT2D eigenvalue weighted by Gasteiger charge is -2.37. The van der Waals surface area contributed by atoms with Crippen molar-refractivity contribution in [3.05, 3.63) is 22.8 Å². The summed E-state index contributed by atoms with van der Waals surface area (Å²) in [5.41, 5.74) is 0.220. The van der Waals surface area contributed by atoms with E-state index in [0.29, 0.717) is 30.8 Å². The lowest BCUT2D eigenvalue weighted by Crippen LogP contribution is -2.33. The zero-order valence-electron chi connectivity index (χ0n) is 17.4. The van der Waals surface area contributed by atoms with Crippen LogP contribution in [0.25, 0.3) is 0 Å². The zero-order chi connectivity index (χ0) is 20.8. The van der Waals surface area contributed by atoms with Crippen LogP contribution in [0, 0.1) is 11.3 Å². The Kier molecular flexibility index (Phi) is 5.36. The van der Waals surface area contributed by atoms with Crippen LogP contribution in [-0.4, -0.2) is 41.7 Å². The van der Waals surface area contributed by atoms with E-state index in [0.717, 1.165) is 12.3 Å². The van der Waals surface area contributed by atoms with E-state index in [2.05, 4.69) is 4.98 Å². The molecule has 1 aromatic heterocycles. The Morgan fingerprint density at radius 2 is 2.03 bits per heavy atom. The Morgan fingerprint density at radius 1 is 1.28 bits per heavy atom. The minimum atomic E-state index is -0.618. The average molecular weight is 421 g/mol. The highest BCUT2D eigenvalue weighted by Gasteiger charge is 2.54. The highest BCUT2D eigenvalue weighted by Crippen LogP contribution is 2.65. The fourth-order valence-corrected chi connectivity index (χ4v) is 4.70. The van der Waals surface area contributed by atoms with Crippen molar-refractivity contribution in [2.24, 2.45) is 11.3 Å². The molecule has 1 amide bonds. The predicted octanol–water partition coefficient (Wildman–Crippen LogP) is 4.39. The van der Waals surface area contributed by atoms with Crippen molar-refractivity contribution in [1.29, 1.82) is 0 Å². The van der Waals surface area contributed by atoms with Crippen LogP contribution in [0.2, 0.25) is 5.15 Å². The van der Waals surface area contributed by atoms with Gasteiger partial charge in [0.1, 0.15) is 22.7 Å². The number of hydrogen-bond acceptors (Lipinski definition) is 5. The fourth-order valence-electron chi connectivity index (χ4n) is 4.47. The number of nitrogens with zero attached hydrogens (tertiary/aromatic N) is 2. The standard InChI is InChI=1S/C22H29ClN2O4/c1-21(2,3)29-20(27)15-4-5-17(24-18(15)23)25-12-7-16(19(25)26)28-13-8-14-6-9-22(14)10-11-22/h4-5,14,16H,6-13H2,1-3H3. The molecule has 2 atom stereocenters. The number of carbonyl (C=O) groups is 2. The third-order valence-electron chi connectivity index (χ3n) is 6.42. The van der Waals surface area contributed by atoms with Crippen LogP contribution < -0.4 is 4.90 Å². The number of aromatic nitrogens is 1. The first-order chi connectivity index (χ1) is 13.7. The molecule has 7 heteroatoms. The molecule has 3 fully saturated rings. The molecule has 158 valence electrons. The summed E-state index contributed by atoms with van der Waals surface area (Å²) in [7, 11) is 0. The first kappa shape index (κ1) is 20.6. The largest absolute Gasteiger partial charge is 0.456 e. The monoisotopic (exact) mass is 420 g/mol. The minimum absolute atomic E-state index is 0.0358. The van der Waals surface area contributed by atoms with Gasteiger partial charge in [-0.1, -0.05) is 11.6 Å². The summed E-state index contributed by atoms with van der Waals surface area (Å²) in [6.45, 7) is 6.55. The normalized spacial score (nSPS) is 25.2. The molecule has 3 aliphatic rings. The molecule has 0 radical (unpaired) electrons. The van der Waals surface area contributed by atoms with Gasteiger partial charge in [-0.25, -0.2) is 9.78 Å². The molecule has 1 aromatic rings. The maximum absolute atomic E-state index is 12.7. The molecule has 29 heavy (non-hydrogen) atoms. The van der Waals surface area contributed by atoms with Gasteiger partial charge >= 0.3 is 5.97 Å². The van der Waals surface area contributed by atoms with Gasteiger partial charge in [0, 0.05) is 19.6 Å². The van der Waals surface area contributed by atoms with Gasteiger partial charge in [0.25, 0.3) is 5.91 Å². The van der Waals surface area contributed by atoms with Crippen LogP contribution in [0.1, 0.15) is 69.7 Å². The molecule has 4 rings (SSSR count). The van der Waals surface area contributed by atoms with E-state index in [1.54, 1.807) is 37.8 Å². The third kappa shape index (κ3) is 4.29. The first-order valence-electron chi connectivity index (χ1n) is 10.5. The summed E-state index contributed by atoms with van der Waals surface area (Å²) in [4.78, 5) is 30.8. The third-order valence-corrected chi connectivity index (χ3v) is 6.71. The van der Waals surface area contributed by atoms with Crippen LogP contribution >= 0.6 is 11.6 Å². The van der Waals surface area contributed by atoms with Crippen LogP contribution in [0.5, 0.6) is 0 Å². The van der Waals surface area contributed by atoms with Gasteiger partial charge in [0.2, 0.25) is 0 Å². The summed E-state index contributed by atoms with van der Waals surface area (Å²) >= 11 is 6.21. The first-order valence-corrected chi connectivity index (χ1v) is 10.9. The second-order valence-corrected chi connectivity index (χ2v) is 9.89. The molecule has 2 unspecified atom stereocenters. The lowest BCUT2D eigenvalue weighted by molar-refractivity contribution is -0.127. The lowest BCUT2D eigenvalue weighted by atomic mass is 9.69. The van der Waals surface area contributed by atoms with Gasteiger partial charge < -0.3 is 9.47 Å². The Labute approximate surface area is 176 Å². The van der Waals surface area contributed by atoms with Crippen molar-refractivity contribution in [2.75, 3.05) is 18.1 Å². The van der Waals surface area contributed by atoms with Crippen LogP contribution in [-0.2, 0) is 14.3 Å². The number of esters is 1. The number of rotatable bonds is 6. The summed E-state index contributed by atoms with van der Waals surface area (Å²) in [6, 6.07) is 3.20. The van der Waals surface area contributed by atoms with Crippen molar-refractivity contribution in [1.82, 2.24) is 4.98 Å².